The molecule has 3 atom stereocenters. The summed E-state index contributed by atoms with van der Waals surface area (Å²) >= 11 is 0. The second-order valence-corrected chi connectivity index (χ2v) is 4.57. The summed E-state index contributed by atoms with van der Waals surface area (Å²) < 4.78 is 1.45. The van der Waals surface area contributed by atoms with Crippen LogP contribution in [0.2, 0.25) is 0 Å². The van der Waals surface area contributed by atoms with Gasteiger partial charge in [0, 0.05) is 5.92 Å². The van der Waals surface area contributed by atoms with Gasteiger partial charge in [-0.1, -0.05) is 6.42 Å². The van der Waals surface area contributed by atoms with Crippen LogP contribution in [0.15, 0.2) is 0 Å². The standard InChI is InChI=1S/C9H15N5/c10-9-13-12-8(14(9)11)7-4-5-1-2-6(7)3-5/h5-7H,1-4,11H2,(H2,10,13). The number of nitrogens with zero attached hydrogens (tertiary/aromatic N) is 3. The van der Waals surface area contributed by atoms with Gasteiger partial charge in [0.05, 0.1) is 0 Å². The third kappa shape index (κ3) is 0.951. The van der Waals surface area contributed by atoms with Crippen molar-refractivity contribution in [3.8, 4) is 0 Å². The maximum atomic E-state index is 5.78. The van der Waals surface area contributed by atoms with Gasteiger partial charge in [-0.2, -0.15) is 0 Å². The average molecular weight is 193 g/mol. The number of hydrogen-bond acceptors (Lipinski definition) is 4. The summed E-state index contributed by atoms with van der Waals surface area (Å²) in [5.74, 6) is 9.15. The topological polar surface area (TPSA) is 82.8 Å². The molecule has 0 spiro atoms. The van der Waals surface area contributed by atoms with Crippen LogP contribution in [0.5, 0.6) is 0 Å². The van der Waals surface area contributed by atoms with Gasteiger partial charge in [-0.15, -0.1) is 10.2 Å². The largest absolute Gasteiger partial charge is 0.366 e. The second-order valence-electron chi connectivity index (χ2n) is 4.57. The number of nitrogens with two attached hydrogens (primary N) is 2. The first-order valence-corrected chi connectivity index (χ1v) is 5.21. The molecule has 2 aliphatic rings. The average Bonchev–Trinajstić information content (AvgIpc) is 2.84. The van der Waals surface area contributed by atoms with E-state index in [-0.39, 0.29) is 0 Å². The third-order valence-electron chi connectivity index (χ3n) is 3.82. The van der Waals surface area contributed by atoms with Crippen molar-refractivity contribution in [3.05, 3.63) is 5.82 Å². The zero-order chi connectivity index (χ0) is 9.71. The van der Waals surface area contributed by atoms with Crippen LogP contribution in [-0.2, 0) is 0 Å². The predicted molar refractivity (Wildman–Crippen MR) is 52.8 cm³/mol. The van der Waals surface area contributed by atoms with Crippen LogP contribution in [-0.4, -0.2) is 14.9 Å². The van der Waals surface area contributed by atoms with E-state index < -0.39 is 0 Å². The minimum Gasteiger partial charge on any atom is -0.366 e. The van der Waals surface area contributed by atoms with Gasteiger partial charge >= 0.3 is 0 Å². The maximum Gasteiger partial charge on any atom is 0.240 e. The van der Waals surface area contributed by atoms with Crippen molar-refractivity contribution in [1.29, 1.82) is 0 Å². The van der Waals surface area contributed by atoms with Gasteiger partial charge in [0.1, 0.15) is 0 Å². The molecule has 14 heavy (non-hydrogen) atoms. The predicted octanol–water partition coefficient (Wildman–Crippen LogP) is 0.478. The molecule has 3 unspecified atom stereocenters. The maximum absolute atomic E-state index is 5.78. The van der Waals surface area contributed by atoms with E-state index in [2.05, 4.69) is 10.2 Å². The highest BCUT2D eigenvalue weighted by Crippen LogP contribution is 2.52. The molecule has 3 rings (SSSR count). The lowest BCUT2D eigenvalue weighted by molar-refractivity contribution is 0.400. The van der Waals surface area contributed by atoms with Crippen molar-refractivity contribution in [3.63, 3.8) is 0 Å². The van der Waals surface area contributed by atoms with E-state index >= 15 is 0 Å². The number of nitrogen functional groups attached to an aromatic ring is 2. The first-order valence-electron chi connectivity index (χ1n) is 5.21. The van der Waals surface area contributed by atoms with Crippen LogP contribution in [0.4, 0.5) is 5.95 Å². The Morgan fingerprint density at radius 3 is 2.57 bits per heavy atom. The SMILES string of the molecule is Nc1nnc(C2CC3CCC2C3)n1N. The van der Waals surface area contributed by atoms with E-state index in [0.717, 1.165) is 17.7 Å². The molecule has 1 aromatic heterocycles. The van der Waals surface area contributed by atoms with Gasteiger partial charge in [-0.05, 0) is 31.1 Å². The minimum absolute atomic E-state index is 0.322. The van der Waals surface area contributed by atoms with Crippen LogP contribution in [0, 0.1) is 11.8 Å². The fourth-order valence-corrected chi connectivity index (χ4v) is 3.13. The van der Waals surface area contributed by atoms with E-state index in [0.29, 0.717) is 11.9 Å². The zero-order valence-electron chi connectivity index (χ0n) is 8.06. The highest BCUT2D eigenvalue weighted by atomic mass is 15.4. The van der Waals surface area contributed by atoms with Crippen LogP contribution >= 0.6 is 0 Å². The summed E-state index contributed by atoms with van der Waals surface area (Å²) in [5.41, 5.74) is 5.57. The number of anilines is 1. The van der Waals surface area contributed by atoms with E-state index in [1.165, 1.54) is 30.4 Å². The molecule has 0 aromatic carbocycles. The molecule has 4 N–H and O–H groups in total. The normalized spacial score (nSPS) is 35.3. The van der Waals surface area contributed by atoms with Crippen molar-refractivity contribution >= 4 is 5.95 Å². The van der Waals surface area contributed by atoms with Crippen LogP contribution in [0.25, 0.3) is 0 Å². The molecular weight excluding hydrogens is 178 g/mol. The Morgan fingerprint density at radius 2 is 2.07 bits per heavy atom. The lowest BCUT2D eigenvalue weighted by Gasteiger charge is -2.19. The Hall–Kier alpha value is -1.26. The second kappa shape index (κ2) is 2.62. The molecular formula is C9H15N5. The summed E-state index contributed by atoms with van der Waals surface area (Å²) in [4.78, 5) is 0. The quantitative estimate of drug-likeness (QED) is 0.635. The monoisotopic (exact) mass is 193 g/mol. The third-order valence-corrected chi connectivity index (χ3v) is 3.82. The molecule has 2 bridgehead atoms. The van der Waals surface area contributed by atoms with Gasteiger partial charge in [0.15, 0.2) is 5.82 Å². The van der Waals surface area contributed by atoms with Crippen molar-refractivity contribution in [1.82, 2.24) is 14.9 Å². The Kier molecular flexibility index (Phi) is 1.51. The molecule has 2 fully saturated rings. The number of aromatic nitrogens is 3. The van der Waals surface area contributed by atoms with Crippen molar-refractivity contribution in [2.75, 3.05) is 11.6 Å². The Labute approximate surface area is 82.5 Å². The molecule has 0 radical (unpaired) electrons. The van der Waals surface area contributed by atoms with E-state index in [9.17, 15) is 0 Å². The molecule has 0 amide bonds. The van der Waals surface area contributed by atoms with Gasteiger partial charge < -0.3 is 11.6 Å². The molecule has 0 saturated heterocycles. The van der Waals surface area contributed by atoms with Gasteiger partial charge in [0.25, 0.3) is 0 Å². The molecule has 5 heteroatoms. The van der Waals surface area contributed by atoms with Gasteiger partial charge in [0.2, 0.25) is 5.95 Å². The van der Waals surface area contributed by atoms with Gasteiger partial charge in [-0.3, -0.25) is 0 Å². The Bertz CT molecular complexity index is 358. The zero-order valence-corrected chi connectivity index (χ0v) is 8.06. The fourth-order valence-electron chi connectivity index (χ4n) is 3.13. The van der Waals surface area contributed by atoms with Crippen LogP contribution in [0.1, 0.15) is 37.4 Å². The van der Waals surface area contributed by atoms with Crippen molar-refractivity contribution in [2.45, 2.75) is 31.6 Å². The number of fused-ring (bicyclic) bond motifs is 2. The summed E-state index contributed by atoms with van der Waals surface area (Å²) in [6, 6.07) is 0. The van der Waals surface area contributed by atoms with Crippen LogP contribution < -0.4 is 11.6 Å². The number of rotatable bonds is 1. The highest BCUT2D eigenvalue weighted by Gasteiger charge is 2.42. The van der Waals surface area contributed by atoms with Gasteiger partial charge in [-0.25, -0.2) is 4.68 Å². The lowest BCUT2D eigenvalue weighted by atomic mass is 9.88. The Morgan fingerprint density at radius 1 is 1.21 bits per heavy atom. The molecule has 2 saturated carbocycles. The summed E-state index contributed by atoms with van der Waals surface area (Å²) in [7, 11) is 0. The van der Waals surface area contributed by atoms with E-state index in [1.807, 2.05) is 0 Å². The molecule has 0 aliphatic heterocycles. The lowest BCUT2D eigenvalue weighted by Crippen LogP contribution is -2.20. The summed E-state index contributed by atoms with van der Waals surface area (Å²) in [5, 5.41) is 7.89. The molecule has 1 heterocycles. The first-order chi connectivity index (χ1) is 6.75. The first kappa shape index (κ1) is 8.08. The number of hydrogen-bond donors (Lipinski definition) is 2. The highest BCUT2D eigenvalue weighted by molar-refractivity contribution is 5.21. The smallest absolute Gasteiger partial charge is 0.240 e. The van der Waals surface area contributed by atoms with E-state index in [1.54, 1.807) is 0 Å². The van der Waals surface area contributed by atoms with Crippen LogP contribution in [0.3, 0.4) is 0 Å². The molecule has 1 aromatic rings. The molecule has 76 valence electrons. The fraction of sp³-hybridized carbons (Fsp3) is 0.778. The molecule has 5 nitrogen and oxygen atoms in total. The summed E-state index contributed by atoms with van der Waals surface area (Å²) in [6.45, 7) is 0. The minimum atomic E-state index is 0.322. The summed E-state index contributed by atoms with van der Waals surface area (Å²) in [6.07, 6.45) is 5.27. The van der Waals surface area contributed by atoms with Crippen molar-refractivity contribution < 1.29 is 0 Å². The van der Waals surface area contributed by atoms with E-state index in [4.69, 9.17) is 11.6 Å². The Balaban J connectivity index is 1.93. The molecule has 2 aliphatic carbocycles. The van der Waals surface area contributed by atoms with Crippen molar-refractivity contribution in [2.24, 2.45) is 11.8 Å².